The largest absolute Gasteiger partial charge is 0.512 e. The Balaban J connectivity index is 2.10. The summed E-state index contributed by atoms with van der Waals surface area (Å²) in [7, 11) is 0. The minimum atomic E-state index is -0.871. The first-order chi connectivity index (χ1) is 12.0. The summed E-state index contributed by atoms with van der Waals surface area (Å²) in [6.07, 6.45) is 1.34. The maximum absolute atomic E-state index is 12.9. The van der Waals surface area contributed by atoms with E-state index < -0.39 is 11.8 Å². The highest BCUT2D eigenvalue weighted by Crippen LogP contribution is 2.48. The quantitative estimate of drug-likeness (QED) is 0.785. The molecule has 140 valence electrons. The normalized spacial score (nSPS) is 24.8. The first kappa shape index (κ1) is 19.0. The minimum absolute atomic E-state index is 0.0371. The zero-order chi connectivity index (χ0) is 19.3. The summed E-state index contributed by atoms with van der Waals surface area (Å²) in [5.41, 5.74) is -0.384. The highest BCUT2D eigenvalue weighted by molar-refractivity contribution is 7.10. The third-order valence-corrected chi connectivity index (χ3v) is 6.35. The summed E-state index contributed by atoms with van der Waals surface area (Å²) >= 11 is 1.42. The molecule has 1 saturated carbocycles. The molecule has 0 aromatic carbocycles. The Morgan fingerprint density at radius 1 is 1.00 bits per heavy atom. The lowest BCUT2D eigenvalue weighted by Crippen LogP contribution is -2.42. The molecule has 26 heavy (non-hydrogen) atoms. The highest BCUT2D eigenvalue weighted by atomic mass is 32.1. The summed E-state index contributed by atoms with van der Waals surface area (Å²) in [6.45, 7) is 7.73. The van der Waals surface area contributed by atoms with Crippen LogP contribution in [0.15, 0.2) is 28.8 Å². The zero-order valence-electron chi connectivity index (χ0n) is 15.8. The summed E-state index contributed by atoms with van der Waals surface area (Å²) in [5, 5.41) is 12.6. The number of Topliss-reactive ketones (excluding diaryl/α,β-unsaturated/α-hetero) is 3. The lowest BCUT2D eigenvalue weighted by Gasteiger charge is -2.38. The molecular formula is C21H26O4S. The van der Waals surface area contributed by atoms with Gasteiger partial charge in [-0.3, -0.25) is 14.4 Å². The van der Waals surface area contributed by atoms with Crippen LogP contribution in [0.2, 0.25) is 0 Å². The fourth-order valence-corrected chi connectivity index (χ4v) is 5.25. The molecule has 2 aliphatic rings. The average Bonchev–Trinajstić information content (AvgIpc) is 2.95. The molecule has 5 heteroatoms. The Morgan fingerprint density at radius 3 is 2.08 bits per heavy atom. The molecule has 1 fully saturated rings. The monoisotopic (exact) mass is 374 g/mol. The lowest BCUT2D eigenvalue weighted by molar-refractivity contribution is -0.140. The van der Waals surface area contributed by atoms with E-state index in [1.807, 2.05) is 45.2 Å². The van der Waals surface area contributed by atoms with E-state index in [-0.39, 0.29) is 39.5 Å². The van der Waals surface area contributed by atoms with Gasteiger partial charge in [-0.25, -0.2) is 0 Å². The van der Waals surface area contributed by atoms with E-state index in [1.54, 1.807) is 0 Å². The number of carbonyl (C=O) groups excluding carboxylic acids is 3. The molecule has 3 rings (SSSR count). The number of carbonyl (C=O) groups is 3. The number of rotatable bonds is 3. The topological polar surface area (TPSA) is 71.4 Å². The Morgan fingerprint density at radius 2 is 1.58 bits per heavy atom. The zero-order valence-corrected chi connectivity index (χ0v) is 16.6. The van der Waals surface area contributed by atoms with E-state index >= 15 is 0 Å². The van der Waals surface area contributed by atoms with Crippen LogP contribution in [0.25, 0.3) is 0 Å². The van der Waals surface area contributed by atoms with Crippen molar-refractivity contribution in [3.05, 3.63) is 33.7 Å². The van der Waals surface area contributed by atoms with E-state index in [0.29, 0.717) is 25.7 Å². The van der Waals surface area contributed by atoms with Gasteiger partial charge in [0.1, 0.15) is 17.3 Å². The van der Waals surface area contributed by atoms with Crippen LogP contribution >= 0.6 is 11.3 Å². The molecule has 0 amide bonds. The summed E-state index contributed by atoms with van der Waals surface area (Å²) < 4.78 is 0. The van der Waals surface area contributed by atoms with Crippen molar-refractivity contribution in [1.82, 2.24) is 0 Å². The molecule has 0 spiro atoms. The number of hydrogen-bond donors (Lipinski definition) is 1. The van der Waals surface area contributed by atoms with Gasteiger partial charge in [0.25, 0.3) is 0 Å². The summed E-state index contributed by atoms with van der Waals surface area (Å²) in [4.78, 5) is 39.5. The number of thiophene rings is 1. The van der Waals surface area contributed by atoms with Crippen molar-refractivity contribution in [3.8, 4) is 0 Å². The van der Waals surface area contributed by atoms with Crippen LogP contribution in [0.1, 0.15) is 64.2 Å². The molecule has 2 aliphatic carbocycles. The van der Waals surface area contributed by atoms with Crippen molar-refractivity contribution >= 4 is 28.7 Å². The van der Waals surface area contributed by atoms with Gasteiger partial charge in [0.05, 0.1) is 5.92 Å². The van der Waals surface area contributed by atoms with E-state index in [0.717, 1.165) is 4.88 Å². The maximum Gasteiger partial charge on any atom is 0.163 e. The van der Waals surface area contributed by atoms with Crippen LogP contribution in [-0.4, -0.2) is 22.5 Å². The van der Waals surface area contributed by atoms with Gasteiger partial charge in [-0.1, -0.05) is 33.8 Å². The molecule has 1 unspecified atom stereocenters. The van der Waals surface area contributed by atoms with Crippen molar-refractivity contribution in [2.24, 2.45) is 16.7 Å². The molecule has 0 radical (unpaired) electrons. The second-order valence-corrected chi connectivity index (χ2v) is 10.2. The number of allylic oxidation sites excluding steroid dienone is 2. The Kier molecular flexibility index (Phi) is 4.72. The van der Waals surface area contributed by atoms with Crippen LogP contribution < -0.4 is 0 Å². The van der Waals surface area contributed by atoms with Gasteiger partial charge < -0.3 is 5.11 Å². The average molecular weight is 375 g/mol. The van der Waals surface area contributed by atoms with Gasteiger partial charge in [-0.2, -0.15) is 0 Å². The van der Waals surface area contributed by atoms with Crippen molar-refractivity contribution in [2.75, 3.05) is 0 Å². The molecule has 1 aromatic heterocycles. The fraction of sp³-hybridized carbons (Fsp3) is 0.571. The number of aliphatic hydroxyl groups is 1. The first-order valence-electron chi connectivity index (χ1n) is 9.05. The van der Waals surface area contributed by atoms with Gasteiger partial charge in [0.15, 0.2) is 5.78 Å². The molecule has 1 N–H and O–H groups in total. The van der Waals surface area contributed by atoms with E-state index in [9.17, 15) is 19.5 Å². The standard InChI is InChI=1S/C21H26O4S/c1-20(2)8-12(22)17(13(23)9-20)19(16-6-5-7-26-16)18-14(24)10-21(3,4)11-15(18)25/h5-7,17,19,24H,8-11H2,1-4H3. The van der Waals surface area contributed by atoms with Gasteiger partial charge in [-0.05, 0) is 22.3 Å². The molecule has 0 bridgehead atoms. The van der Waals surface area contributed by atoms with Crippen LogP contribution in [-0.2, 0) is 14.4 Å². The van der Waals surface area contributed by atoms with Gasteiger partial charge >= 0.3 is 0 Å². The van der Waals surface area contributed by atoms with E-state index in [2.05, 4.69) is 0 Å². The number of ketones is 3. The van der Waals surface area contributed by atoms with Crippen LogP contribution in [0, 0.1) is 16.7 Å². The second-order valence-electron chi connectivity index (χ2n) is 9.22. The SMILES string of the molecule is CC1(C)CC(=O)C(C(C2=C(O)CC(C)(C)CC2=O)c2cccs2)C(=O)C1. The molecule has 4 nitrogen and oxygen atoms in total. The van der Waals surface area contributed by atoms with Crippen LogP contribution in [0.5, 0.6) is 0 Å². The molecule has 1 heterocycles. The number of aliphatic hydroxyl groups excluding tert-OH is 1. The van der Waals surface area contributed by atoms with E-state index in [4.69, 9.17) is 0 Å². The van der Waals surface area contributed by atoms with Crippen molar-refractivity contribution in [2.45, 2.75) is 59.3 Å². The van der Waals surface area contributed by atoms with Gasteiger partial charge in [0.2, 0.25) is 0 Å². The molecule has 0 saturated heterocycles. The minimum Gasteiger partial charge on any atom is -0.512 e. The van der Waals surface area contributed by atoms with Crippen molar-refractivity contribution in [1.29, 1.82) is 0 Å². The first-order valence-corrected chi connectivity index (χ1v) is 9.93. The van der Waals surface area contributed by atoms with E-state index in [1.165, 1.54) is 11.3 Å². The molecule has 1 atom stereocenters. The molecule has 0 aliphatic heterocycles. The Hall–Kier alpha value is -1.75. The van der Waals surface area contributed by atoms with Crippen molar-refractivity contribution < 1.29 is 19.5 Å². The highest BCUT2D eigenvalue weighted by Gasteiger charge is 2.48. The maximum atomic E-state index is 12.9. The Bertz CT molecular complexity index is 763. The predicted octanol–water partition coefficient (Wildman–Crippen LogP) is 4.61. The summed E-state index contributed by atoms with van der Waals surface area (Å²) in [6, 6.07) is 3.70. The third-order valence-electron chi connectivity index (χ3n) is 5.39. The number of hydrogen-bond acceptors (Lipinski definition) is 5. The summed E-state index contributed by atoms with van der Waals surface area (Å²) in [5.74, 6) is -1.89. The van der Waals surface area contributed by atoms with Crippen LogP contribution in [0.3, 0.4) is 0 Å². The van der Waals surface area contributed by atoms with Gasteiger partial charge in [-0.15, -0.1) is 11.3 Å². The fourth-order valence-electron chi connectivity index (χ4n) is 4.37. The van der Waals surface area contributed by atoms with Crippen LogP contribution in [0.4, 0.5) is 0 Å². The lowest BCUT2D eigenvalue weighted by atomic mass is 9.64. The Labute approximate surface area is 158 Å². The smallest absolute Gasteiger partial charge is 0.163 e. The molecule has 1 aromatic rings. The third kappa shape index (κ3) is 3.54. The van der Waals surface area contributed by atoms with Crippen molar-refractivity contribution in [3.63, 3.8) is 0 Å². The predicted molar refractivity (Wildman–Crippen MR) is 101 cm³/mol. The van der Waals surface area contributed by atoms with Gasteiger partial charge in [0, 0.05) is 42.1 Å². The second kappa shape index (κ2) is 6.45. The molecular weight excluding hydrogens is 348 g/mol.